The highest BCUT2D eigenvalue weighted by atomic mass is 19.1. The zero-order valence-electron chi connectivity index (χ0n) is 14.8. The molecule has 0 aliphatic carbocycles. The maximum atomic E-state index is 14.1. The van der Waals surface area contributed by atoms with Gasteiger partial charge in [0, 0.05) is 38.3 Å². The van der Waals surface area contributed by atoms with Crippen molar-refractivity contribution in [3.05, 3.63) is 65.1 Å². The van der Waals surface area contributed by atoms with Crippen LogP contribution in [-0.2, 0) is 26.4 Å². The molecule has 0 saturated heterocycles. The van der Waals surface area contributed by atoms with E-state index in [1.54, 1.807) is 0 Å². The molecule has 2 heterocycles. The average molecular weight is 338 g/mol. The lowest BCUT2D eigenvalue weighted by atomic mass is 9.99. The van der Waals surface area contributed by atoms with E-state index in [0.29, 0.717) is 5.75 Å². The number of rotatable bonds is 4. The molecule has 0 unspecified atom stereocenters. The lowest BCUT2D eigenvalue weighted by molar-refractivity contribution is 0.257. The summed E-state index contributed by atoms with van der Waals surface area (Å²) >= 11 is 0. The first-order chi connectivity index (χ1) is 12.2. The van der Waals surface area contributed by atoms with E-state index in [9.17, 15) is 4.39 Å². The Balaban J connectivity index is 1.57. The van der Waals surface area contributed by atoms with Crippen LogP contribution >= 0.6 is 0 Å². The molecule has 1 aliphatic rings. The zero-order valence-corrected chi connectivity index (χ0v) is 14.8. The summed E-state index contributed by atoms with van der Waals surface area (Å²) in [5.74, 6) is 0.0615. The van der Waals surface area contributed by atoms with Gasteiger partial charge in [0.2, 0.25) is 0 Å². The van der Waals surface area contributed by atoms with Crippen LogP contribution in [-0.4, -0.2) is 29.7 Å². The van der Waals surface area contributed by atoms with Crippen LogP contribution in [0.1, 0.15) is 16.7 Å². The Morgan fingerprint density at radius 2 is 1.92 bits per heavy atom. The monoisotopic (exact) mass is 338 g/mol. The van der Waals surface area contributed by atoms with Gasteiger partial charge < -0.3 is 9.30 Å². The largest absolute Gasteiger partial charge is 0.493 e. The van der Waals surface area contributed by atoms with E-state index in [1.807, 2.05) is 13.1 Å². The Kier molecular flexibility index (Phi) is 4.22. The van der Waals surface area contributed by atoms with Crippen molar-refractivity contribution >= 4 is 10.9 Å². The first-order valence-electron chi connectivity index (χ1n) is 8.77. The van der Waals surface area contributed by atoms with Crippen LogP contribution in [0.25, 0.3) is 10.9 Å². The molecule has 0 spiro atoms. The minimum atomic E-state index is -0.297. The van der Waals surface area contributed by atoms with Crippen LogP contribution in [0.4, 0.5) is 4.39 Å². The zero-order chi connectivity index (χ0) is 17.4. The van der Waals surface area contributed by atoms with Gasteiger partial charge in [0.25, 0.3) is 0 Å². The second kappa shape index (κ2) is 6.52. The number of halogens is 1. The highest BCUT2D eigenvalue weighted by Crippen LogP contribution is 2.33. The molecule has 4 heteroatoms. The van der Waals surface area contributed by atoms with E-state index in [4.69, 9.17) is 4.74 Å². The van der Waals surface area contributed by atoms with E-state index < -0.39 is 0 Å². The highest BCUT2D eigenvalue weighted by Gasteiger charge is 2.18. The first-order valence-corrected chi connectivity index (χ1v) is 8.77. The summed E-state index contributed by atoms with van der Waals surface area (Å²) in [6.45, 7) is 3.03. The van der Waals surface area contributed by atoms with Crippen molar-refractivity contribution in [3.63, 3.8) is 0 Å². The molecule has 130 valence electrons. The number of aryl methyl sites for hydroxylation is 1. The lowest BCUT2D eigenvalue weighted by Gasteiger charge is -2.28. The molecule has 3 nitrogen and oxygen atoms in total. The van der Waals surface area contributed by atoms with Gasteiger partial charge in [-0.2, -0.15) is 0 Å². The SMILES string of the molecule is COc1c(F)ccc2c1c(CCN1CCc3ccccc3C1)cn2C. The van der Waals surface area contributed by atoms with E-state index in [1.165, 1.54) is 24.3 Å². The molecule has 25 heavy (non-hydrogen) atoms. The molecule has 0 N–H and O–H groups in total. The van der Waals surface area contributed by atoms with Crippen molar-refractivity contribution in [2.45, 2.75) is 19.4 Å². The summed E-state index contributed by atoms with van der Waals surface area (Å²) in [6.07, 6.45) is 4.09. The van der Waals surface area contributed by atoms with Crippen molar-refractivity contribution < 1.29 is 9.13 Å². The summed E-state index contributed by atoms with van der Waals surface area (Å²) in [5, 5.41) is 0.905. The Hall–Kier alpha value is -2.33. The Bertz CT molecular complexity index is 916. The fourth-order valence-electron chi connectivity index (χ4n) is 3.93. The molecule has 3 aromatic rings. The number of fused-ring (bicyclic) bond motifs is 2. The van der Waals surface area contributed by atoms with E-state index >= 15 is 0 Å². The van der Waals surface area contributed by atoms with Gasteiger partial charge in [0.15, 0.2) is 11.6 Å². The van der Waals surface area contributed by atoms with Crippen molar-refractivity contribution in [2.24, 2.45) is 7.05 Å². The molecule has 0 fully saturated rings. The summed E-state index contributed by atoms with van der Waals surface area (Å²) in [6, 6.07) is 12.0. The number of hydrogen-bond acceptors (Lipinski definition) is 2. The molecule has 1 aromatic heterocycles. The molecule has 0 atom stereocenters. The second-order valence-corrected chi connectivity index (χ2v) is 6.78. The molecule has 0 saturated carbocycles. The molecule has 0 amide bonds. The van der Waals surface area contributed by atoms with Gasteiger partial charge >= 0.3 is 0 Å². The number of methoxy groups -OCH3 is 1. The van der Waals surface area contributed by atoms with Crippen LogP contribution in [0, 0.1) is 5.82 Å². The normalized spacial score (nSPS) is 14.7. The molecule has 0 radical (unpaired) electrons. The van der Waals surface area contributed by atoms with Crippen LogP contribution in [0.15, 0.2) is 42.6 Å². The number of aromatic nitrogens is 1. The van der Waals surface area contributed by atoms with Gasteiger partial charge in [0.1, 0.15) is 0 Å². The van der Waals surface area contributed by atoms with Crippen molar-refractivity contribution in [3.8, 4) is 5.75 Å². The molecule has 4 rings (SSSR count). The maximum absolute atomic E-state index is 14.1. The third-order valence-electron chi connectivity index (χ3n) is 5.25. The van der Waals surface area contributed by atoms with Crippen LogP contribution in [0.3, 0.4) is 0 Å². The van der Waals surface area contributed by atoms with Crippen molar-refractivity contribution in [2.75, 3.05) is 20.2 Å². The topological polar surface area (TPSA) is 17.4 Å². The number of benzene rings is 2. The van der Waals surface area contributed by atoms with Crippen molar-refractivity contribution in [1.82, 2.24) is 9.47 Å². The Labute approximate surface area is 147 Å². The second-order valence-electron chi connectivity index (χ2n) is 6.78. The van der Waals surface area contributed by atoms with Gasteiger partial charge in [-0.3, -0.25) is 4.90 Å². The summed E-state index contributed by atoms with van der Waals surface area (Å²) in [5.41, 5.74) is 5.05. The van der Waals surface area contributed by atoms with Gasteiger partial charge in [-0.1, -0.05) is 24.3 Å². The third kappa shape index (κ3) is 2.91. The van der Waals surface area contributed by atoms with Crippen LogP contribution in [0.5, 0.6) is 5.75 Å². The summed E-state index contributed by atoms with van der Waals surface area (Å²) < 4.78 is 21.5. The predicted octanol–water partition coefficient (Wildman–Crippen LogP) is 3.93. The Morgan fingerprint density at radius 1 is 1.12 bits per heavy atom. The summed E-state index contributed by atoms with van der Waals surface area (Å²) in [7, 11) is 3.54. The van der Waals surface area contributed by atoms with E-state index in [0.717, 1.165) is 48.9 Å². The predicted molar refractivity (Wildman–Crippen MR) is 98.6 cm³/mol. The fourth-order valence-corrected chi connectivity index (χ4v) is 3.93. The first kappa shape index (κ1) is 16.2. The standard InChI is InChI=1S/C21H23FN2O/c1-23-13-17(20-19(23)8-7-18(22)21(20)25-2)10-12-24-11-9-15-5-3-4-6-16(15)14-24/h3-8,13H,9-12,14H2,1-2H3. The average Bonchev–Trinajstić information content (AvgIpc) is 2.95. The highest BCUT2D eigenvalue weighted by molar-refractivity contribution is 5.90. The lowest BCUT2D eigenvalue weighted by Crippen LogP contribution is -2.32. The Morgan fingerprint density at radius 3 is 2.72 bits per heavy atom. The summed E-state index contributed by atoms with van der Waals surface area (Å²) in [4.78, 5) is 2.48. The van der Waals surface area contributed by atoms with Gasteiger partial charge in [-0.05, 0) is 41.7 Å². The van der Waals surface area contributed by atoms with Crippen LogP contribution < -0.4 is 4.74 Å². The molecule has 2 aromatic carbocycles. The molecule has 1 aliphatic heterocycles. The number of ether oxygens (including phenoxy) is 1. The molecular weight excluding hydrogens is 315 g/mol. The maximum Gasteiger partial charge on any atom is 0.165 e. The van der Waals surface area contributed by atoms with Crippen molar-refractivity contribution in [1.29, 1.82) is 0 Å². The third-order valence-corrected chi connectivity index (χ3v) is 5.25. The quantitative estimate of drug-likeness (QED) is 0.717. The van der Waals surface area contributed by atoms with Gasteiger partial charge in [-0.25, -0.2) is 4.39 Å². The minimum Gasteiger partial charge on any atom is -0.493 e. The van der Waals surface area contributed by atoms with Crippen LogP contribution in [0.2, 0.25) is 0 Å². The number of nitrogens with zero attached hydrogens (tertiary/aromatic N) is 2. The number of hydrogen-bond donors (Lipinski definition) is 0. The smallest absolute Gasteiger partial charge is 0.165 e. The fraction of sp³-hybridized carbons (Fsp3) is 0.333. The van der Waals surface area contributed by atoms with E-state index in [2.05, 4.69) is 39.9 Å². The minimum absolute atomic E-state index is 0.297. The molecule has 0 bridgehead atoms. The van der Waals surface area contributed by atoms with E-state index in [-0.39, 0.29) is 5.82 Å². The molecular formula is C21H23FN2O. The van der Waals surface area contributed by atoms with Gasteiger partial charge in [-0.15, -0.1) is 0 Å². The van der Waals surface area contributed by atoms with Gasteiger partial charge in [0.05, 0.1) is 12.6 Å².